The first-order valence-corrected chi connectivity index (χ1v) is 7.43. The summed E-state index contributed by atoms with van der Waals surface area (Å²) in [4.78, 5) is 11.0. The average Bonchev–Trinajstić information content (AvgIpc) is 2.45. The first-order valence-electron chi connectivity index (χ1n) is 7.43. The smallest absolute Gasteiger partial charge is 0.148 e. The lowest BCUT2D eigenvalue weighted by Crippen LogP contribution is -2.42. The molecular weight excluding hydrogens is 252 g/mol. The van der Waals surface area contributed by atoms with Crippen molar-refractivity contribution < 1.29 is 0 Å². The molecule has 2 heterocycles. The maximum atomic E-state index is 5.55. The first kappa shape index (κ1) is 15.0. The molecule has 0 amide bonds. The van der Waals surface area contributed by atoms with Gasteiger partial charge in [0.25, 0.3) is 0 Å². The minimum absolute atomic E-state index is 0.470. The number of hydrogen-bond acceptors (Lipinski definition) is 6. The van der Waals surface area contributed by atoms with E-state index in [2.05, 4.69) is 46.5 Å². The van der Waals surface area contributed by atoms with Crippen molar-refractivity contribution in [3.63, 3.8) is 0 Å². The molecule has 6 nitrogen and oxygen atoms in total. The quantitative estimate of drug-likeness (QED) is 0.561. The highest BCUT2D eigenvalue weighted by Crippen LogP contribution is 2.24. The van der Waals surface area contributed by atoms with Gasteiger partial charge >= 0.3 is 0 Å². The van der Waals surface area contributed by atoms with E-state index in [1.54, 1.807) is 6.33 Å². The van der Waals surface area contributed by atoms with E-state index in [-0.39, 0.29) is 0 Å². The molecule has 2 rings (SSSR count). The lowest BCUT2D eigenvalue weighted by molar-refractivity contribution is 0.190. The summed E-state index contributed by atoms with van der Waals surface area (Å²) in [6.07, 6.45) is 5.81. The number of anilines is 2. The second-order valence-electron chi connectivity index (χ2n) is 5.64. The van der Waals surface area contributed by atoms with Gasteiger partial charge in [0.05, 0.1) is 0 Å². The van der Waals surface area contributed by atoms with Gasteiger partial charge in [-0.2, -0.15) is 0 Å². The van der Waals surface area contributed by atoms with E-state index >= 15 is 0 Å². The van der Waals surface area contributed by atoms with Gasteiger partial charge in [-0.15, -0.1) is 0 Å². The Morgan fingerprint density at radius 1 is 1.40 bits per heavy atom. The zero-order valence-electron chi connectivity index (χ0n) is 12.7. The van der Waals surface area contributed by atoms with Gasteiger partial charge in [-0.05, 0) is 33.2 Å². The van der Waals surface area contributed by atoms with E-state index in [1.807, 2.05) is 0 Å². The maximum Gasteiger partial charge on any atom is 0.148 e. The minimum Gasteiger partial charge on any atom is -0.367 e. The van der Waals surface area contributed by atoms with Gasteiger partial charge in [0.15, 0.2) is 0 Å². The molecule has 2 unspecified atom stereocenters. The van der Waals surface area contributed by atoms with Crippen LogP contribution < -0.4 is 16.6 Å². The number of nitrogens with zero attached hydrogens (tertiary/aromatic N) is 3. The minimum atomic E-state index is 0.470. The summed E-state index contributed by atoms with van der Waals surface area (Å²) in [6, 6.07) is 1.07. The second-order valence-corrected chi connectivity index (χ2v) is 5.64. The number of nitrogens with one attached hydrogen (secondary N) is 2. The standard InChI is InChI=1S/C14H26N6/c1-4-5-12-13(16-9-17-14(12)19-15)18-11-6-7-20(3)10(2)8-11/h9-11H,4-8,15H2,1-3H3,(H2,16,17,18,19). The summed E-state index contributed by atoms with van der Waals surface area (Å²) < 4.78 is 0. The largest absolute Gasteiger partial charge is 0.367 e. The summed E-state index contributed by atoms with van der Waals surface area (Å²) in [5.74, 6) is 7.20. The fraction of sp³-hybridized carbons (Fsp3) is 0.714. The molecule has 0 spiro atoms. The molecule has 1 fully saturated rings. The summed E-state index contributed by atoms with van der Waals surface area (Å²) in [5.41, 5.74) is 3.76. The third-order valence-electron chi connectivity index (χ3n) is 4.13. The van der Waals surface area contributed by atoms with Crippen molar-refractivity contribution in [3.8, 4) is 0 Å². The van der Waals surface area contributed by atoms with Gasteiger partial charge in [0.1, 0.15) is 18.0 Å². The van der Waals surface area contributed by atoms with E-state index in [0.29, 0.717) is 12.1 Å². The van der Waals surface area contributed by atoms with Crippen molar-refractivity contribution in [1.82, 2.24) is 14.9 Å². The highest BCUT2D eigenvalue weighted by atomic mass is 15.3. The highest BCUT2D eigenvalue weighted by molar-refractivity contribution is 5.57. The van der Waals surface area contributed by atoms with Crippen LogP contribution in [0.5, 0.6) is 0 Å². The fourth-order valence-corrected chi connectivity index (χ4v) is 2.76. The third kappa shape index (κ3) is 3.37. The Balaban J connectivity index is 2.12. The molecule has 0 bridgehead atoms. The van der Waals surface area contributed by atoms with Crippen LogP contribution in [0.2, 0.25) is 0 Å². The molecule has 6 heteroatoms. The fourth-order valence-electron chi connectivity index (χ4n) is 2.76. The van der Waals surface area contributed by atoms with E-state index in [0.717, 1.165) is 49.4 Å². The van der Waals surface area contributed by atoms with Crippen LogP contribution in [-0.2, 0) is 6.42 Å². The Morgan fingerprint density at radius 2 is 2.15 bits per heavy atom. The number of piperidine rings is 1. The van der Waals surface area contributed by atoms with E-state index < -0.39 is 0 Å². The number of likely N-dealkylation sites (tertiary alicyclic amines) is 1. The van der Waals surface area contributed by atoms with Gasteiger partial charge in [-0.3, -0.25) is 0 Å². The Morgan fingerprint density at radius 3 is 2.80 bits per heavy atom. The summed E-state index contributed by atoms with van der Waals surface area (Å²) in [7, 11) is 2.19. The van der Waals surface area contributed by atoms with E-state index in [4.69, 9.17) is 5.84 Å². The summed E-state index contributed by atoms with van der Waals surface area (Å²) in [6.45, 7) is 5.54. The molecule has 4 N–H and O–H groups in total. The van der Waals surface area contributed by atoms with E-state index in [9.17, 15) is 0 Å². The molecule has 112 valence electrons. The molecule has 20 heavy (non-hydrogen) atoms. The Hall–Kier alpha value is -1.40. The summed E-state index contributed by atoms with van der Waals surface area (Å²) in [5, 5.41) is 3.59. The van der Waals surface area contributed by atoms with Crippen molar-refractivity contribution in [2.45, 2.75) is 51.6 Å². The van der Waals surface area contributed by atoms with Crippen LogP contribution in [0, 0.1) is 0 Å². The molecule has 1 aromatic heterocycles. The van der Waals surface area contributed by atoms with Crippen LogP contribution in [0.3, 0.4) is 0 Å². The highest BCUT2D eigenvalue weighted by Gasteiger charge is 2.23. The monoisotopic (exact) mass is 278 g/mol. The lowest BCUT2D eigenvalue weighted by Gasteiger charge is -2.35. The molecular formula is C14H26N6. The molecule has 0 aliphatic carbocycles. The molecule has 0 aromatic carbocycles. The summed E-state index contributed by atoms with van der Waals surface area (Å²) >= 11 is 0. The van der Waals surface area contributed by atoms with Gasteiger partial charge in [-0.1, -0.05) is 13.3 Å². The molecule has 1 saturated heterocycles. The van der Waals surface area contributed by atoms with Crippen LogP contribution in [0.1, 0.15) is 38.7 Å². The molecule has 0 saturated carbocycles. The normalized spacial score (nSPS) is 23.6. The van der Waals surface area contributed by atoms with Gasteiger partial charge in [0, 0.05) is 24.2 Å². The van der Waals surface area contributed by atoms with Crippen molar-refractivity contribution in [2.24, 2.45) is 5.84 Å². The van der Waals surface area contributed by atoms with Crippen molar-refractivity contribution >= 4 is 11.6 Å². The van der Waals surface area contributed by atoms with Crippen LogP contribution in [0.4, 0.5) is 11.6 Å². The molecule has 1 aliphatic heterocycles. The van der Waals surface area contributed by atoms with Crippen molar-refractivity contribution in [3.05, 3.63) is 11.9 Å². The van der Waals surface area contributed by atoms with Gasteiger partial charge in [-0.25, -0.2) is 15.8 Å². The molecule has 1 aromatic rings. The number of rotatable bonds is 5. The molecule has 2 atom stereocenters. The molecule has 0 radical (unpaired) electrons. The SMILES string of the molecule is CCCc1c(NN)ncnc1NC1CCN(C)C(C)C1. The zero-order valence-corrected chi connectivity index (χ0v) is 12.7. The van der Waals surface area contributed by atoms with Gasteiger partial charge < -0.3 is 15.6 Å². The van der Waals surface area contributed by atoms with Crippen LogP contribution in [0.25, 0.3) is 0 Å². The van der Waals surface area contributed by atoms with Gasteiger partial charge in [0.2, 0.25) is 0 Å². The lowest BCUT2D eigenvalue weighted by atomic mass is 9.98. The third-order valence-corrected chi connectivity index (χ3v) is 4.13. The number of nitrogen functional groups attached to an aromatic ring is 1. The number of nitrogens with two attached hydrogens (primary N) is 1. The van der Waals surface area contributed by atoms with Crippen LogP contribution in [-0.4, -0.2) is 40.5 Å². The van der Waals surface area contributed by atoms with Crippen LogP contribution >= 0.6 is 0 Å². The van der Waals surface area contributed by atoms with Crippen molar-refractivity contribution in [2.75, 3.05) is 24.3 Å². The Labute approximate surface area is 121 Å². The maximum absolute atomic E-state index is 5.55. The molecule has 1 aliphatic rings. The zero-order chi connectivity index (χ0) is 14.5. The Kier molecular flexibility index (Phi) is 5.14. The first-order chi connectivity index (χ1) is 9.65. The number of hydrazine groups is 1. The second kappa shape index (κ2) is 6.85. The number of aromatic nitrogens is 2. The topological polar surface area (TPSA) is 79.1 Å². The van der Waals surface area contributed by atoms with Crippen molar-refractivity contribution in [1.29, 1.82) is 0 Å². The predicted molar refractivity (Wildman–Crippen MR) is 82.6 cm³/mol. The van der Waals surface area contributed by atoms with Crippen LogP contribution in [0.15, 0.2) is 6.33 Å². The van der Waals surface area contributed by atoms with E-state index in [1.165, 1.54) is 0 Å². The number of hydrogen-bond donors (Lipinski definition) is 3. The Bertz CT molecular complexity index is 436. The predicted octanol–water partition coefficient (Wildman–Crippen LogP) is 1.61. The average molecular weight is 278 g/mol.